The smallest absolute Gasteiger partial charge is 0.192 e. The maximum atomic E-state index is 11.8. The quantitative estimate of drug-likeness (QED) is 0.642. The van der Waals surface area contributed by atoms with Crippen LogP contribution in [0.25, 0.3) is 0 Å². The second-order valence-electron chi connectivity index (χ2n) is 3.26. The van der Waals surface area contributed by atoms with Gasteiger partial charge in [-0.15, -0.1) is 11.8 Å². The van der Waals surface area contributed by atoms with Gasteiger partial charge in [-0.25, -0.2) is 4.98 Å². The number of halogens is 1. The van der Waals surface area contributed by atoms with E-state index in [-0.39, 0.29) is 5.78 Å². The molecule has 0 amide bonds. The van der Waals surface area contributed by atoms with E-state index in [0.717, 1.165) is 9.37 Å². The van der Waals surface area contributed by atoms with Crippen molar-refractivity contribution in [3.8, 4) is 0 Å². The van der Waals surface area contributed by atoms with Crippen LogP contribution in [0.2, 0.25) is 0 Å². The standard InChI is InChI=1S/C12H9BrN2OS/c13-9-1-3-10(4-2-9)17-8-12(16)11-7-14-5-6-15-11/h1-7H,8H2. The molecule has 86 valence electrons. The largest absolute Gasteiger partial charge is 0.291 e. The van der Waals surface area contributed by atoms with Crippen molar-refractivity contribution in [3.63, 3.8) is 0 Å². The zero-order valence-electron chi connectivity index (χ0n) is 8.84. The predicted molar refractivity (Wildman–Crippen MR) is 71.2 cm³/mol. The molecule has 0 aliphatic heterocycles. The van der Waals surface area contributed by atoms with Crippen molar-refractivity contribution in [3.05, 3.63) is 53.0 Å². The van der Waals surface area contributed by atoms with Gasteiger partial charge >= 0.3 is 0 Å². The van der Waals surface area contributed by atoms with Gasteiger partial charge in [0.1, 0.15) is 5.69 Å². The number of ketones is 1. The fourth-order valence-electron chi connectivity index (χ4n) is 1.20. The fourth-order valence-corrected chi connectivity index (χ4v) is 2.24. The average Bonchev–Trinajstić information content (AvgIpc) is 2.39. The van der Waals surface area contributed by atoms with Gasteiger partial charge in [0, 0.05) is 21.8 Å². The van der Waals surface area contributed by atoms with Gasteiger partial charge in [-0.3, -0.25) is 9.78 Å². The lowest BCUT2D eigenvalue weighted by molar-refractivity contribution is 0.101. The molecule has 17 heavy (non-hydrogen) atoms. The molecule has 0 saturated heterocycles. The van der Waals surface area contributed by atoms with Gasteiger partial charge in [-0.1, -0.05) is 15.9 Å². The molecule has 2 rings (SSSR count). The first kappa shape index (κ1) is 12.3. The monoisotopic (exact) mass is 308 g/mol. The van der Waals surface area contributed by atoms with E-state index in [1.807, 2.05) is 24.3 Å². The second-order valence-corrected chi connectivity index (χ2v) is 5.22. The number of hydrogen-bond acceptors (Lipinski definition) is 4. The minimum atomic E-state index is -0.00832. The van der Waals surface area contributed by atoms with Crippen molar-refractivity contribution in [2.24, 2.45) is 0 Å². The van der Waals surface area contributed by atoms with E-state index in [0.29, 0.717) is 11.4 Å². The van der Waals surface area contributed by atoms with Crippen LogP contribution in [0, 0.1) is 0 Å². The number of thioether (sulfide) groups is 1. The van der Waals surface area contributed by atoms with Gasteiger partial charge in [0.25, 0.3) is 0 Å². The highest BCUT2D eigenvalue weighted by molar-refractivity contribution is 9.10. The summed E-state index contributed by atoms with van der Waals surface area (Å²) in [5.74, 6) is 0.367. The van der Waals surface area contributed by atoms with Crippen LogP contribution in [0.5, 0.6) is 0 Å². The molecule has 1 heterocycles. The Morgan fingerprint density at radius 1 is 1.24 bits per heavy atom. The Bertz CT molecular complexity index is 502. The van der Waals surface area contributed by atoms with Crippen molar-refractivity contribution in [1.29, 1.82) is 0 Å². The minimum Gasteiger partial charge on any atom is -0.291 e. The maximum absolute atomic E-state index is 11.8. The Kier molecular flexibility index (Phi) is 4.28. The summed E-state index contributed by atoms with van der Waals surface area (Å²) in [7, 11) is 0. The first-order valence-corrected chi connectivity index (χ1v) is 6.71. The molecule has 0 radical (unpaired) electrons. The van der Waals surface area contributed by atoms with Crippen molar-refractivity contribution in [2.45, 2.75) is 4.90 Å². The first-order valence-electron chi connectivity index (χ1n) is 4.93. The Balaban J connectivity index is 1.95. The van der Waals surface area contributed by atoms with Gasteiger partial charge in [-0.05, 0) is 24.3 Å². The molecular formula is C12H9BrN2OS. The summed E-state index contributed by atoms with van der Waals surface area (Å²) in [6.45, 7) is 0. The van der Waals surface area contributed by atoms with E-state index in [1.54, 1.807) is 6.20 Å². The van der Waals surface area contributed by atoms with E-state index in [2.05, 4.69) is 25.9 Å². The second kappa shape index (κ2) is 5.93. The van der Waals surface area contributed by atoms with Gasteiger partial charge < -0.3 is 0 Å². The molecule has 2 aromatic rings. The molecule has 0 saturated carbocycles. The molecule has 0 aliphatic carbocycles. The summed E-state index contributed by atoms with van der Waals surface area (Å²) in [5, 5.41) is 0. The Morgan fingerprint density at radius 2 is 2.00 bits per heavy atom. The third-order valence-electron chi connectivity index (χ3n) is 2.03. The molecule has 5 heteroatoms. The SMILES string of the molecule is O=C(CSc1ccc(Br)cc1)c1cnccn1. The van der Waals surface area contributed by atoms with Crippen molar-refractivity contribution in [2.75, 3.05) is 5.75 Å². The molecule has 0 spiro atoms. The van der Waals surface area contributed by atoms with Gasteiger partial charge in [0.15, 0.2) is 5.78 Å². The van der Waals surface area contributed by atoms with Crippen LogP contribution < -0.4 is 0 Å². The van der Waals surface area contributed by atoms with Crippen LogP contribution in [0.3, 0.4) is 0 Å². The summed E-state index contributed by atoms with van der Waals surface area (Å²) >= 11 is 4.86. The first-order chi connectivity index (χ1) is 8.25. The average molecular weight is 309 g/mol. The summed E-state index contributed by atoms with van der Waals surface area (Å²) in [5.41, 5.74) is 0.414. The number of benzene rings is 1. The third-order valence-corrected chi connectivity index (χ3v) is 3.57. The van der Waals surface area contributed by atoms with Crippen LogP contribution in [0.4, 0.5) is 0 Å². The van der Waals surface area contributed by atoms with E-state index in [1.165, 1.54) is 24.2 Å². The molecule has 0 N–H and O–H groups in total. The van der Waals surface area contributed by atoms with Crippen LogP contribution >= 0.6 is 27.7 Å². The van der Waals surface area contributed by atoms with E-state index < -0.39 is 0 Å². The van der Waals surface area contributed by atoms with Gasteiger partial charge in [-0.2, -0.15) is 0 Å². The predicted octanol–water partition coefficient (Wildman–Crippen LogP) is 3.21. The van der Waals surface area contributed by atoms with Crippen LogP contribution in [0.1, 0.15) is 10.5 Å². The molecule has 0 atom stereocenters. The van der Waals surface area contributed by atoms with E-state index >= 15 is 0 Å². The Hall–Kier alpha value is -1.20. The number of Topliss-reactive ketones (excluding diaryl/α,β-unsaturated/α-hetero) is 1. The molecule has 0 fully saturated rings. The van der Waals surface area contributed by atoms with Crippen LogP contribution in [-0.4, -0.2) is 21.5 Å². The lowest BCUT2D eigenvalue weighted by atomic mass is 10.3. The van der Waals surface area contributed by atoms with Gasteiger partial charge in [0.05, 0.1) is 11.9 Å². The lowest BCUT2D eigenvalue weighted by Crippen LogP contribution is -2.05. The summed E-state index contributed by atoms with van der Waals surface area (Å²) in [6, 6.07) is 7.85. The zero-order valence-corrected chi connectivity index (χ0v) is 11.2. The molecule has 1 aromatic carbocycles. The van der Waals surface area contributed by atoms with E-state index in [9.17, 15) is 4.79 Å². The van der Waals surface area contributed by atoms with Crippen molar-refractivity contribution in [1.82, 2.24) is 9.97 Å². The highest BCUT2D eigenvalue weighted by Gasteiger charge is 2.07. The summed E-state index contributed by atoms with van der Waals surface area (Å²) < 4.78 is 1.03. The van der Waals surface area contributed by atoms with Crippen LogP contribution in [0.15, 0.2) is 52.2 Å². The van der Waals surface area contributed by atoms with Crippen molar-refractivity contribution < 1.29 is 4.79 Å². The maximum Gasteiger partial charge on any atom is 0.192 e. The number of carbonyl (C=O) groups is 1. The number of nitrogens with zero attached hydrogens (tertiary/aromatic N) is 2. The van der Waals surface area contributed by atoms with E-state index in [4.69, 9.17) is 0 Å². The van der Waals surface area contributed by atoms with Gasteiger partial charge in [0.2, 0.25) is 0 Å². The normalized spacial score (nSPS) is 10.2. The summed E-state index contributed by atoms with van der Waals surface area (Å²) in [6.07, 6.45) is 4.57. The Morgan fingerprint density at radius 3 is 2.65 bits per heavy atom. The highest BCUT2D eigenvalue weighted by atomic mass is 79.9. The number of rotatable bonds is 4. The Labute approximate surface area is 112 Å². The molecule has 3 nitrogen and oxygen atoms in total. The molecule has 0 aliphatic rings. The highest BCUT2D eigenvalue weighted by Crippen LogP contribution is 2.21. The topological polar surface area (TPSA) is 42.9 Å². The number of aromatic nitrogens is 2. The third kappa shape index (κ3) is 3.64. The molecule has 0 unspecified atom stereocenters. The number of hydrogen-bond donors (Lipinski definition) is 0. The molecule has 1 aromatic heterocycles. The molecular weight excluding hydrogens is 300 g/mol. The lowest BCUT2D eigenvalue weighted by Gasteiger charge is -2.00. The zero-order chi connectivity index (χ0) is 12.1. The molecule has 0 bridgehead atoms. The van der Waals surface area contributed by atoms with Crippen LogP contribution in [-0.2, 0) is 0 Å². The number of carbonyl (C=O) groups excluding carboxylic acids is 1. The summed E-state index contributed by atoms with van der Waals surface area (Å²) in [4.78, 5) is 20.7. The minimum absolute atomic E-state index is 0.00832. The van der Waals surface area contributed by atoms with Crippen molar-refractivity contribution >= 4 is 33.5 Å². The fraction of sp³-hybridized carbons (Fsp3) is 0.0833.